The summed E-state index contributed by atoms with van der Waals surface area (Å²) < 4.78 is 10.3. The number of aliphatic hydroxyl groups is 4. The molecule has 5 atom stereocenters. The van der Waals surface area contributed by atoms with Crippen molar-refractivity contribution in [3.63, 3.8) is 0 Å². The zero-order chi connectivity index (χ0) is 17.9. The number of aliphatic hydroxyl groups excluding tert-OH is 4. The third-order valence-electron chi connectivity index (χ3n) is 3.71. The van der Waals surface area contributed by atoms with E-state index in [0.717, 1.165) is 11.8 Å². The number of hydrogen-bond donors (Lipinski definition) is 6. The van der Waals surface area contributed by atoms with Crippen LogP contribution in [-0.4, -0.2) is 74.1 Å². The van der Waals surface area contributed by atoms with Gasteiger partial charge in [0.25, 0.3) is 0 Å². The fourth-order valence-corrected chi connectivity index (χ4v) is 3.41. The third kappa shape index (κ3) is 4.18. The first-order valence-corrected chi connectivity index (χ1v) is 8.15. The molecule has 0 saturated carbocycles. The van der Waals surface area contributed by atoms with Crippen LogP contribution in [0.25, 0.3) is 0 Å². The molecule has 6 N–H and O–H groups in total. The van der Waals surface area contributed by atoms with Crippen molar-refractivity contribution in [2.75, 3.05) is 13.7 Å². The van der Waals surface area contributed by atoms with Crippen molar-refractivity contribution >= 4 is 16.8 Å². The molecule has 1 heterocycles. The van der Waals surface area contributed by atoms with Gasteiger partial charge in [0.2, 0.25) is 0 Å². The predicted molar refractivity (Wildman–Crippen MR) is 87.4 cm³/mol. The van der Waals surface area contributed by atoms with Crippen molar-refractivity contribution < 1.29 is 35.0 Å². The van der Waals surface area contributed by atoms with Crippen LogP contribution in [0.4, 0.5) is 0 Å². The minimum atomic E-state index is -1.47. The molecular formula is C15H21NO7S. The summed E-state index contributed by atoms with van der Waals surface area (Å²) in [6.07, 6.45) is -5.10. The highest BCUT2D eigenvalue weighted by Gasteiger charge is 2.44. The van der Waals surface area contributed by atoms with Gasteiger partial charge in [0.05, 0.1) is 18.8 Å². The van der Waals surface area contributed by atoms with Gasteiger partial charge < -0.3 is 35.0 Å². The summed E-state index contributed by atoms with van der Waals surface area (Å²) in [7, 11) is 1.44. The molecule has 1 aromatic rings. The maximum absolute atomic E-state index is 9.96. The van der Waals surface area contributed by atoms with Gasteiger partial charge in [-0.25, -0.2) is 0 Å². The fraction of sp³-hybridized carbons (Fsp3) is 0.533. The Labute approximate surface area is 143 Å². The second-order valence-corrected chi connectivity index (χ2v) is 6.61. The molecule has 134 valence electrons. The summed E-state index contributed by atoms with van der Waals surface area (Å²) in [5.41, 5.74) is -0.324. The zero-order valence-electron chi connectivity index (χ0n) is 13.0. The maximum Gasteiger partial charge on any atom is 0.160 e. The van der Waals surface area contributed by atoms with Crippen LogP contribution in [0.2, 0.25) is 0 Å². The minimum Gasteiger partial charge on any atom is -0.504 e. The van der Waals surface area contributed by atoms with Gasteiger partial charge in [-0.15, -0.1) is 0 Å². The normalized spacial score (nSPS) is 30.1. The molecule has 24 heavy (non-hydrogen) atoms. The monoisotopic (exact) mass is 359 g/mol. The summed E-state index contributed by atoms with van der Waals surface area (Å²) in [6, 6.07) is 4.75. The van der Waals surface area contributed by atoms with Crippen LogP contribution in [-0.2, 0) is 11.2 Å². The molecule has 0 radical (unpaired) electrons. The maximum atomic E-state index is 9.96. The van der Waals surface area contributed by atoms with E-state index >= 15 is 0 Å². The average molecular weight is 359 g/mol. The Morgan fingerprint density at radius 3 is 2.54 bits per heavy atom. The first kappa shape index (κ1) is 19.0. The second kappa shape index (κ2) is 8.15. The summed E-state index contributed by atoms with van der Waals surface area (Å²) in [6.45, 7) is -0.512. The standard InChI is InChI=1S/C15H21NO7S/c1-22-9-3-2-7(4-8(9)18)5-11(16)24-15-14(21)13(20)12(19)10(6-17)23-15/h2-4,10,12-21H,5-6H2,1H3/t10-,12-,13+,14-,15+/m1/s1. The lowest BCUT2D eigenvalue weighted by atomic mass is 10.0. The SMILES string of the molecule is COc1ccc(CC(=N)S[C@@H]2O[C@H](CO)[C@@H](O)[C@H](O)[C@H]2O)cc1O. The molecule has 1 aliphatic rings. The molecular weight excluding hydrogens is 338 g/mol. The molecule has 0 bridgehead atoms. The van der Waals surface area contributed by atoms with Gasteiger partial charge in [-0.2, -0.15) is 0 Å². The lowest BCUT2D eigenvalue weighted by molar-refractivity contribution is -0.205. The van der Waals surface area contributed by atoms with Gasteiger partial charge in [0, 0.05) is 6.42 Å². The summed E-state index contributed by atoms with van der Waals surface area (Å²) in [5, 5.41) is 56.5. The first-order valence-electron chi connectivity index (χ1n) is 7.27. The fourth-order valence-electron chi connectivity index (χ4n) is 2.38. The van der Waals surface area contributed by atoms with Crippen molar-refractivity contribution in [2.24, 2.45) is 0 Å². The van der Waals surface area contributed by atoms with E-state index in [4.69, 9.17) is 20.0 Å². The molecule has 0 spiro atoms. The highest BCUT2D eigenvalue weighted by Crippen LogP contribution is 2.31. The van der Waals surface area contributed by atoms with Crippen molar-refractivity contribution in [2.45, 2.75) is 36.3 Å². The van der Waals surface area contributed by atoms with E-state index in [-0.39, 0.29) is 17.2 Å². The zero-order valence-corrected chi connectivity index (χ0v) is 13.8. The molecule has 1 fully saturated rings. The number of hydrogen-bond acceptors (Lipinski definition) is 9. The summed E-state index contributed by atoms with van der Waals surface area (Å²) in [5.74, 6) is 0.285. The molecule has 8 nitrogen and oxygen atoms in total. The van der Waals surface area contributed by atoms with E-state index in [1.54, 1.807) is 12.1 Å². The summed E-state index contributed by atoms with van der Waals surface area (Å²) >= 11 is 0.880. The van der Waals surface area contributed by atoms with Crippen molar-refractivity contribution in [3.05, 3.63) is 23.8 Å². The Morgan fingerprint density at radius 1 is 1.25 bits per heavy atom. The second-order valence-electron chi connectivity index (χ2n) is 5.42. The highest BCUT2D eigenvalue weighted by molar-refractivity contribution is 8.14. The number of aromatic hydroxyl groups is 1. The minimum absolute atomic E-state index is 0.0411. The Balaban J connectivity index is 1.99. The molecule has 1 saturated heterocycles. The number of ether oxygens (including phenoxy) is 2. The van der Waals surface area contributed by atoms with E-state index in [0.29, 0.717) is 11.3 Å². The van der Waals surface area contributed by atoms with Crippen LogP contribution >= 0.6 is 11.8 Å². The number of nitrogens with one attached hydrogen (secondary N) is 1. The van der Waals surface area contributed by atoms with Gasteiger partial charge in [-0.05, 0) is 17.7 Å². The number of phenols is 1. The van der Waals surface area contributed by atoms with E-state index in [1.807, 2.05) is 0 Å². The van der Waals surface area contributed by atoms with Gasteiger partial charge in [0.15, 0.2) is 11.5 Å². The molecule has 0 unspecified atom stereocenters. The molecule has 0 aliphatic carbocycles. The Bertz CT molecular complexity index is 583. The van der Waals surface area contributed by atoms with Crippen molar-refractivity contribution in [1.82, 2.24) is 0 Å². The van der Waals surface area contributed by atoms with Crippen LogP contribution in [0, 0.1) is 5.41 Å². The predicted octanol–water partition coefficient (Wildman–Crippen LogP) is -0.546. The quantitative estimate of drug-likeness (QED) is 0.304. The van der Waals surface area contributed by atoms with E-state index in [9.17, 15) is 20.4 Å². The molecule has 0 aromatic heterocycles. The molecule has 0 amide bonds. The Hall–Kier alpha value is -1.36. The van der Waals surface area contributed by atoms with Crippen LogP contribution < -0.4 is 4.74 Å². The lowest BCUT2D eigenvalue weighted by Crippen LogP contribution is -2.57. The van der Waals surface area contributed by atoms with Crippen LogP contribution in [0.15, 0.2) is 18.2 Å². The molecule has 1 aliphatic heterocycles. The van der Waals surface area contributed by atoms with Crippen LogP contribution in [0.1, 0.15) is 5.56 Å². The van der Waals surface area contributed by atoms with E-state index in [2.05, 4.69) is 0 Å². The highest BCUT2D eigenvalue weighted by atomic mass is 32.2. The van der Waals surface area contributed by atoms with Crippen molar-refractivity contribution in [1.29, 1.82) is 5.41 Å². The Morgan fingerprint density at radius 2 is 1.96 bits per heavy atom. The third-order valence-corrected chi connectivity index (χ3v) is 4.77. The van der Waals surface area contributed by atoms with Crippen LogP contribution in [0.3, 0.4) is 0 Å². The average Bonchev–Trinajstić information content (AvgIpc) is 2.55. The number of methoxy groups -OCH3 is 1. The van der Waals surface area contributed by atoms with Crippen LogP contribution in [0.5, 0.6) is 11.5 Å². The lowest BCUT2D eigenvalue weighted by Gasteiger charge is -2.39. The number of benzene rings is 1. The number of thioether (sulfide) groups is 1. The first-order chi connectivity index (χ1) is 11.4. The van der Waals surface area contributed by atoms with Gasteiger partial charge in [-0.3, -0.25) is 5.41 Å². The van der Waals surface area contributed by atoms with E-state index in [1.165, 1.54) is 13.2 Å². The van der Waals surface area contributed by atoms with Gasteiger partial charge in [0.1, 0.15) is 29.9 Å². The van der Waals surface area contributed by atoms with Gasteiger partial charge >= 0.3 is 0 Å². The number of rotatable bonds is 5. The van der Waals surface area contributed by atoms with Gasteiger partial charge in [-0.1, -0.05) is 17.8 Å². The van der Waals surface area contributed by atoms with Crippen molar-refractivity contribution in [3.8, 4) is 11.5 Å². The molecule has 2 rings (SSSR count). The Kier molecular flexibility index (Phi) is 6.44. The molecule has 9 heteroatoms. The topological polar surface area (TPSA) is 143 Å². The number of phenolic OH excluding ortho intramolecular Hbond substituents is 1. The molecule has 1 aromatic carbocycles. The van der Waals surface area contributed by atoms with E-state index < -0.39 is 36.5 Å². The smallest absolute Gasteiger partial charge is 0.160 e. The largest absolute Gasteiger partial charge is 0.504 e. The summed E-state index contributed by atoms with van der Waals surface area (Å²) in [4.78, 5) is 0.